The van der Waals surface area contributed by atoms with E-state index in [1.165, 1.54) is 11.1 Å². The van der Waals surface area contributed by atoms with E-state index in [9.17, 15) is 5.11 Å². The van der Waals surface area contributed by atoms with Gasteiger partial charge in [-0.25, -0.2) is 4.98 Å². The van der Waals surface area contributed by atoms with E-state index >= 15 is 0 Å². The zero-order valence-electron chi connectivity index (χ0n) is 45.9. The van der Waals surface area contributed by atoms with Crippen LogP contribution >= 0.6 is 0 Å². The fourth-order valence-corrected chi connectivity index (χ4v) is 10.1. The first-order valence-corrected chi connectivity index (χ1v) is 25.9. The van der Waals surface area contributed by atoms with Crippen LogP contribution in [-0.4, -0.2) is 19.6 Å². The summed E-state index contributed by atoms with van der Waals surface area (Å²) in [7, 11) is 0. The molecule has 0 saturated heterocycles. The number of aromatic hydroxyl groups is 1. The maximum atomic E-state index is 12.6. The second-order valence-electron chi connectivity index (χ2n) is 25.4. The Morgan fingerprint density at radius 3 is 1.72 bits per heavy atom. The van der Waals surface area contributed by atoms with Crippen molar-refractivity contribution >= 4 is 33.0 Å². The Morgan fingerprint density at radius 2 is 1.05 bits per heavy atom. The molecule has 10 rings (SSSR count). The van der Waals surface area contributed by atoms with Gasteiger partial charge >= 0.3 is 0 Å². The average molecular weight is 1160 g/mol. The monoisotopic (exact) mass is 1160 g/mol. The minimum atomic E-state index is -0.341. The number of aromatic nitrogens is 3. The van der Waals surface area contributed by atoms with Gasteiger partial charge in [0, 0.05) is 54.9 Å². The number of pyridine rings is 1. The molecular formula is C68H70N3O2Pt-. The summed E-state index contributed by atoms with van der Waals surface area (Å²) < 4.78 is 8.82. The second-order valence-corrected chi connectivity index (χ2v) is 25.4. The van der Waals surface area contributed by atoms with Crippen molar-refractivity contribution in [3.05, 3.63) is 180 Å². The van der Waals surface area contributed by atoms with Crippen molar-refractivity contribution < 1.29 is 30.6 Å². The van der Waals surface area contributed by atoms with E-state index in [2.05, 4.69) is 254 Å². The molecule has 6 heteroatoms. The number of nitrogens with zero attached hydrogens (tertiary/aromatic N) is 3. The topological polar surface area (TPSA) is 64.1 Å². The van der Waals surface area contributed by atoms with E-state index in [1.807, 2.05) is 6.20 Å². The van der Waals surface area contributed by atoms with Crippen LogP contribution in [0.3, 0.4) is 0 Å². The van der Waals surface area contributed by atoms with Crippen molar-refractivity contribution in [3.63, 3.8) is 0 Å². The van der Waals surface area contributed by atoms with E-state index in [4.69, 9.17) is 14.4 Å². The summed E-state index contributed by atoms with van der Waals surface area (Å²) in [6.45, 7) is 33.4. The summed E-state index contributed by atoms with van der Waals surface area (Å²) in [6.07, 6.45) is 1.90. The summed E-state index contributed by atoms with van der Waals surface area (Å²) in [4.78, 5) is 10.7. The summed E-state index contributed by atoms with van der Waals surface area (Å²) in [5, 5.41) is 14.9. The molecule has 74 heavy (non-hydrogen) atoms. The maximum Gasteiger partial charge on any atom is 0.148 e. The number of furan rings is 1. The molecule has 0 amide bonds. The van der Waals surface area contributed by atoms with Crippen LogP contribution in [0.1, 0.15) is 132 Å². The molecule has 3 heterocycles. The molecule has 0 atom stereocenters. The summed E-state index contributed by atoms with van der Waals surface area (Å²) in [5.41, 5.74) is 17.9. The fraction of sp³-hybridized carbons (Fsp3) is 0.294. The van der Waals surface area contributed by atoms with Gasteiger partial charge < -0.3 is 9.52 Å². The van der Waals surface area contributed by atoms with Crippen molar-refractivity contribution in [1.82, 2.24) is 14.5 Å². The van der Waals surface area contributed by atoms with Gasteiger partial charge in [0.25, 0.3) is 0 Å². The molecule has 0 unspecified atom stereocenters. The van der Waals surface area contributed by atoms with Crippen LogP contribution in [0, 0.1) is 6.07 Å². The van der Waals surface area contributed by atoms with Gasteiger partial charge in [-0.3, -0.25) is 9.55 Å². The first-order valence-electron chi connectivity index (χ1n) is 25.9. The zero-order valence-corrected chi connectivity index (χ0v) is 48.1. The van der Waals surface area contributed by atoms with Crippen LogP contribution in [0.4, 0.5) is 0 Å². The van der Waals surface area contributed by atoms with E-state index in [0.29, 0.717) is 11.4 Å². The Kier molecular flexibility index (Phi) is 13.2. The molecule has 10 aromatic rings. The number of fused-ring (bicyclic) bond motifs is 4. The fourth-order valence-electron chi connectivity index (χ4n) is 10.1. The minimum absolute atomic E-state index is 0. The Balaban J connectivity index is 0.00000672. The van der Waals surface area contributed by atoms with Gasteiger partial charge in [-0.1, -0.05) is 194 Å². The van der Waals surface area contributed by atoms with Gasteiger partial charge in [0.1, 0.15) is 22.7 Å². The van der Waals surface area contributed by atoms with Gasteiger partial charge in [-0.2, -0.15) is 0 Å². The molecule has 0 aliphatic heterocycles. The summed E-state index contributed by atoms with van der Waals surface area (Å²) in [5.74, 6) is 0.921. The molecule has 0 radical (unpaired) electrons. The Bertz CT molecular complexity index is 3760. The number of phenolic OH excluding ortho intramolecular Hbond substituents is 1. The number of benzene rings is 7. The Labute approximate surface area is 453 Å². The van der Waals surface area contributed by atoms with Gasteiger partial charge in [-0.05, 0) is 109 Å². The normalized spacial score (nSPS) is 12.7. The van der Waals surface area contributed by atoms with Crippen LogP contribution in [0.2, 0.25) is 0 Å². The Morgan fingerprint density at radius 1 is 0.473 bits per heavy atom. The van der Waals surface area contributed by atoms with E-state index in [-0.39, 0.29) is 53.9 Å². The molecule has 0 bridgehead atoms. The number of para-hydroxylation sites is 1. The first kappa shape index (κ1) is 52.3. The standard InChI is InChI=1S/C68H70N3O2.Pt/c1-64(2,3)46-26-29-57(53(37-46)41-20-17-16-18-21-41)71-58-23-19-22-50(61(58)70-63(71)54-38-49(67(10,11)12)39-55(62(54)72)68(13,14)15)44-32-45(34-48(33-44)66(7,8)9)56-35-43(30-31-69-56)42-24-27-51-52-28-25-47(65(4,5)6)40-60(52)73-59(51)36-42;/h16-31,33-40,72H,1-15H3;/q-1;. The molecular weight excluding hydrogens is 1090 g/mol. The van der Waals surface area contributed by atoms with Crippen molar-refractivity contribution in [1.29, 1.82) is 0 Å². The Hall–Kier alpha value is -6.55. The van der Waals surface area contributed by atoms with Crippen LogP contribution in [0.15, 0.2) is 150 Å². The number of imidazole rings is 1. The molecule has 0 aliphatic rings. The van der Waals surface area contributed by atoms with Crippen LogP contribution in [0.25, 0.3) is 94.7 Å². The van der Waals surface area contributed by atoms with Crippen molar-refractivity contribution in [3.8, 4) is 67.5 Å². The predicted octanol–water partition coefficient (Wildman–Crippen LogP) is 18.6. The molecule has 0 fully saturated rings. The van der Waals surface area contributed by atoms with Crippen LogP contribution in [-0.2, 0) is 48.1 Å². The summed E-state index contributed by atoms with van der Waals surface area (Å²) in [6, 6.07) is 54.0. The number of hydrogen-bond acceptors (Lipinski definition) is 4. The third kappa shape index (κ3) is 9.81. The molecule has 1 N–H and O–H groups in total. The maximum absolute atomic E-state index is 12.6. The van der Waals surface area contributed by atoms with Crippen molar-refractivity contribution in [2.24, 2.45) is 0 Å². The average Bonchev–Trinajstić information content (AvgIpc) is 3.90. The predicted molar refractivity (Wildman–Crippen MR) is 307 cm³/mol. The SMILES string of the molecule is CC(C)(C)c1cc(-c2cc(-c3ccc4c(c3)oc3cc(C(C)(C)C)ccc34)ccn2)[c-]c(-c2cccc3c2nc(-c2cc(C(C)(C)C)cc(C(C)(C)C)c2O)n3-c2ccc(C(C)(C)C)cc2-c2ccccc2)c1.[Pt]. The number of hydrogen-bond donors (Lipinski definition) is 1. The minimum Gasteiger partial charge on any atom is -0.507 e. The van der Waals surface area contributed by atoms with Gasteiger partial charge in [0.15, 0.2) is 0 Å². The molecule has 3 aromatic heterocycles. The molecule has 5 nitrogen and oxygen atoms in total. The zero-order chi connectivity index (χ0) is 52.2. The number of rotatable bonds is 6. The van der Waals surface area contributed by atoms with Crippen LogP contribution < -0.4 is 0 Å². The molecule has 0 spiro atoms. The van der Waals surface area contributed by atoms with Gasteiger partial charge in [0.05, 0.1) is 22.3 Å². The molecule has 7 aromatic carbocycles. The number of phenols is 1. The first-order chi connectivity index (χ1) is 34.2. The third-order valence-electron chi connectivity index (χ3n) is 14.6. The quantitative estimate of drug-likeness (QED) is 0.169. The van der Waals surface area contributed by atoms with E-state index < -0.39 is 0 Å². The van der Waals surface area contributed by atoms with E-state index in [1.54, 1.807) is 0 Å². The molecule has 0 saturated carbocycles. The van der Waals surface area contributed by atoms with E-state index in [0.717, 1.165) is 100.0 Å². The van der Waals surface area contributed by atoms with Crippen LogP contribution in [0.5, 0.6) is 5.75 Å². The van der Waals surface area contributed by atoms with Gasteiger partial charge in [0.2, 0.25) is 0 Å². The largest absolute Gasteiger partial charge is 0.507 e. The smallest absolute Gasteiger partial charge is 0.148 e. The third-order valence-corrected chi connectivity index (χ3v) is 14.6. The summed E-state index contributed by atoms with van der Waals surface area (Å²) >= 11 is 0. The van der Waals surface area contributed by atoms with Crippen molar-refractivity contribution in [2.45, 2.75) is 131 Å². The molecule has 380 valence electrons. The van der Waals surface area contributed by atoms with Gasteiger partial charge in [-0.15, -0.1) is 29.3 Å². The molecule has 0 aliphatic carbocycles. The second kappa shape index (κ2) is 18.7. The van der Waals surface area contributed by atoms with Crippen molar-refractivity contribution in [2.75, 3.05) is 0 Å².